The van der Waals surface area contributed by atoms with Crippen molar-refractivity contribution in [3.8, 4) is 11.3 Å². The summed E-state index contributed by atoms with van der Waals surface area (Å²) in [6.45, 7) is 10.1. The second-order valence-corrected chi connectivity index (χ2v) is 10.2. The third-order valence-corrected chi connectivity index (χ3v) is 8.35. The van der Waals surface area contributed by atoms with Crippen LogP contribution in [0.1, 0.15) is 0 Å². The molecule has 9 heteroatoms. The fourth-order valence-corrected chi connectivity index (χ4v) is 6.49. The molecule has 1 aromatic heterocycles. The molecule has 2 aromatic carbocycles. The first-order valence-electron chi connectivity index (χ1n) is 11.1. The van der Waals surface area contributed by atoms with E-state index in [1.54, 1.807) is 29.6 Å². The average Bonchev–Trinajstić information content (AvgIpc) is 2.87. The molecule has 2 aliphatic rings. The van der Waals surface area contributed by atoms with Crippen molar-refractivity contribution in [2.24, 2.45) is 0 Å². The van der Waals surface area contributed by atoms with Crippen LogP contribution >= 0.6 is 23.5 Å². The number of benzene rings is 2. The highest BCUT2D eigenvalue weighted by atomic mass is 32.2. The Hall–Kier alpha value is -2.90. The summed E-state index contributed by atoms with van der Waals surface area (Å²) in [5.41, 5.74) is 3.51. The predicted molar refractivity (Wildman–Crippen MR) is 136 cm³/mol. The van der Waals surface area contributed by atoms with Gasteiger partial charge in [-0.25, -0.2) is 6.57 Å². The number of anilines is 2. The highest BCUT2D eigenvalue weighted by molar-refractivity contribution is 8.05. The molecule has 2 aliphatic heterocycles. The van der Waals surface area contributed by atoms with Crippen LogP contribution < -0.4 is 15.8 Å². The van der Waals surface area contributed by atoms with E-state index in [-0.39, 0.29) is 24.8 Å². The summed E-state index contributed by atoms with van der Waals surface area (Å²) in [5, 5.41) is 12.7. The highest BCUT2D eigenvalue weighted by Crippen LogP contribution is 2.52. The molecule has 0 bridgehead atoms. The van der Waals surface area contributed by atoms with Gasteiger partial charge in [0.1, 0.15) is 6.04 Å². The minimum Gasteiger partial charge on any atom is -0.394 e. The first kappa shape index (κ1) is 22.9. The number of aromatic nitrogens is 1. The van der Waals surface area contributed by atoms with Crippen LogP contribution in [0, 0.1) is 6.57 Å². The van der Waals surface area contributed by atoms with E-state index in [1.807, 2.05) is 12.1 Å². The number of morpholine rings is 1. The van der Waals surface area contributed by atoms with Gasteiger partial charge in [0.15, 0.2) is 0 Å². The molecule has 3 N–H and O–H groups in total. The molecule has 0 saturated carbocycles. The standard InChI is InChI=1S/C25H24N4O3S2/c1-26-14-17(15-30)27-16-5-6-21-23(11-16)33-22-4-2-3-19(25(22)34-21)20-12-18(13-24(31)28-20)29-7-9-32-10-8-29/h2-6,11-13,17,27,30H,7-10,14-15H2,(H,28,31). The molecule has 3 heterocycles. The van der Waals surface area contributed by atoms with E-state index in [2.05, 4.69) is 50.4 Å². The van der Waals surface area contributed by atoms with Gasteiger partial charge in [-0.2, -0.15) is 0 Å². The fourth-order valence-electron chi connectivity index (χ4n) is 4.08. The van der Waals surface area contributed by atoms with Gasteiger partial charge < -0.3 is 29.9 Å². The Kier molecular flexibility index (Phi) is 6.83. The average molecular weight is 493 g/mol. The quantitative estimate of drug-likeness (QED) is 0.348. The summed E-state index contributed by atoms with van der Waals surface area (Å²) in [7, 11) is 0. The number of ether oxygens (including phenoxy) is 1. The van der Waals surface area contributed by atoms with Crippen LogP contribution in [0.3, 0.4) is 0 Å². The summed E-state index contributed by atoms with van der Waals surface area (Å²) in [6, 6.07) is 15.7. The first-order valence-corrected chi connectivity index (χ1v) is 12.7. The van der Waals surface area contributed by atoms with Gasteiger partial charge >= 0.3 is 0 Å². The summed E-state index contributed by atoms with van der Waals surface area (Å²) >= 11 is 3.38. The van der Waals surface area contributed by atoms with Crippen LogP contribution in [0.15, 0.2) is 72.9 Å². The molecule has 0 amide bonds. The van der Waals surface area contributed by atoms with Crippen LogP contribution in [0.5, 0.6) is 0 Å². The summed E-state index contributed by atoms with van der Waals surface area (Å²) in [5.74, 6) is 0. The molecule has 1 atom stereocenters. The number of nitrogens with one attached hydrogen (secondary N) is 2. The number of hydrogen-bond acceptors (Lipinski definition) is 7. The Morgan fingerprint density at radius 3 is 2.76 bits per heavy atom. The summed E-state index contributed by atoms with van der Waals surface area (Å²) in [6.07, 6.45) is 0. The monoisotopic (exact) mass is 492 g/mol. The molecule has 0 radical (unpaired) electrons. The van der Waals surface area contributed by atoms with Crippen LogP contribution in [0.4, 0.5) is 11.4 Å². The van der Waals surface area contributed by atoms with Crippen LogP contribution in [-0.2, 0) is 4.74 Å². The molecule has 34 heavy (non-hydrogen) atoms. The second-order valence-electron chi connectivity index (χ2n) is 8.08. The van der Waals surface area contributed by atoms with Crippen molar-refractivity contribution in [3.05, 3.63) is 70.3 Å². The van der Waals surface area contributed by atoms with Gasteiger partial charge in [-0.05, 0) is 30.3 Å². The maximum Gasteiger partial charge on any atom is 0.250 e. The maximum absolute atomic E-state index is 12.5. The number of aromatic amines is 1. The molecule has 0 spiro atoms. The van der Waals surface area contributed by atoms with Gasteiger partial charge in [-0.1, -0.05) is 35.7 Å². The van der Waals surface area contributed by atoms with Gasteiger partial charge in [-0.15, -0.1) is 0 Å². The lowest BCUT2D eigenvalue weighted by molar-refractivity contribution is 0.122. The molecule has 3 aromatic rings. The number of hydrogen-bond donors (Lipinski definition) is 3. The Labute approximate surface area is 206 Å². The smallest absolute Gasteiger partial charge is 0.250 e. The normalized spacial score (nSPS) is 15.7. The third-order valence-electron chi connectivity index (χ3n) is 5.75. The fraction of sp³-hybridized carbons (Fsp3) is 0.280. The number of H-pyrrole nitrogens is 1. The maximum atomic E-state index is 12.5. The topological polar surface area (TPSA) is 81.9 Å². The van der Waals surface area contributed by atoms with Crippen LogP contribution in [0.2, 0.25) is 0 Å². The number of fused-ring (bicyclic) bond motifs is 2. The van der Waals surface area contributed by atoms with E-state index >= 15 is 0 Å². The zero-order valence-electron chi connectivity index (χ0n) is 18.4. The lowest BCUT2D eigenvalue weighted by Crippen LogP contribution is -2.36. The molecule has 174 valence electrons. The van der Waals surface area contributed by atoms with E-state index in [9.17, 15) is 9.90 Å². The van der Waals surface area contributed by atoms with Crippen LogP contribution in [0.25, 0.3) is 16.1 Å². The number of nitrogens with zero attached hydrogens (tertiary/aromatic N) is 2. The van der Waals surface area contributed by atoms with E-state index < -0.39 is 0 Å². The zero-order valence-corrected chi connectivity index (χ0v) is 20.0. The first-order chi connectivity index (χ1) is 16.6. The lowest BCUT2D eigenvalue weighted by Gasteiger charge is -2.29. The van der Waals surface area contributed by atoms with Crippen LogP contribution in [-0.4, -0.2) is 55.6 Å². The van der Waals surface area contributed by atoms with Crippen molar-refractivity contribution in [2.75, 3.05) is 49.7 Å². The number of rotatable bonds is 6. The molecule has 0 aliphatic carbocycles. The van der Waals surface area contributed by atoms with Gasteiger partial charge in [0.05, 0.1) is 25.5 Å². The molecular weight excluding hydrogens is 468 g/mol. The van der Waals surface area contributed by atoms with E-state index in [0.29, 0.717) is 13.2 Å². The van der Waals surface area contributed by atoms with Crippen molar-refractivity contribution in [1.82, 2.24) is 4.98 Å². The molecule has 1 saturated heterocycles. The Bertz CT molecular complexity index is 1300. The molecule has 1 fully saturated rings. The number of pyridine rings is 1. The molecule has 5 rings (SSSR count). The lowest BCUT2D eigenvalue weighted by atomic mass is 10.1. The van der Waals surface area contributed by atoms with Gasteiger partial charge in [0.25, 0.3) is 0 Å². The summed E-state index contributed by atoms with van der Waals surface area (Å²) in [4.78, 5) is 25.6. The molecule has 7 nitrogen and oxygen atoms in total. The Morgan fingerprint density at radius 2 is 1.97 bits per heavy atom. The second kappa shape index (κ2) is 10.2. The third kappa shape index (κ3) is 4.81. The van der Waals surface area contributed by atoms with Crippen molar-refractivity contribution in [2.45, 2.75) is 25.6 Å². The SMILES string of the molecule is [C-]#[N+]CC(CO)Nc1ccc2c(c1)Sc1cccc(-c3cc(N4CCOCC4)cc(=O)[nH]3)c1S2. The van der Waals surface area contributed by atoms with Gasteiger partial charge in [0, 0.05) is 55.7 Å². The van der Waals surface area contributed by atoms with Gasteiger partial charge in [-0.3, -0.25) is 4.79 Å². The Morgan fingerprint density at radius 1 is 1.12 bits per heavy atom. The molecular formula is C25H24N4O3S2. The number of aliphatic hydroxyl groups is 1. The Balaban J connectivity index is 1.45. The minimum absolute atomic E-state index is 0.0880. The van der Waals surface area contributed by atoms with Crippen molar-refractivity contribution >= 4 is 34.9 Å². The van der Waals surface area contributed by atoms with Crippen molar-refractivity contribution < 1.29 is 9.84 Å². The van der Waals surface area contributed by atoms with Crippen molar-refractivity contribution in [3.63, 3.8) is 0 Å². The van der Waals surface area contributed by atoms with Crippen molar-refractivity contribution in [1.29, 1.82) is 0 Å². The van der Waals surface area contributed by atoms with E-state index in [0.717, 1.165) is 55.3 Å². The van der Waals surface area contributed by atoms with Gasteiger partial charge in [0.2, 0.25) is 12.1 Å². The molecule has 1 unspecified atom stereocenters. The minimum atomic E-state index is -0.286. The zero-order chi connectivity index (χ0) is 23.5. The highest BCUT2D eigenvalue weighted by Gasteiger charge is 2.22. The van der Waals surface area contributed by atoms with E-state index in [1.165, 1.54) is 0 Å². The predicted octanol–water partition coefficient (Wildman–Crippen LogP) is 4.19. The largest absolute Gasteiger partial charge is 0.394 e. The summed E-state index contributed by atoms with van der Waals surface area (Å²) < 4.78 is 5.46. The van der Waals surface area contributed by atoms with E-state index in [4.69, 9.17) is 11.3 Å². The number of aliphatic hydroxyl groups excluding tert-OH is 1.